The van der Waals surface area contributed by atoms with Gasteiger partial charge in [-0.3, -0.25) is 4.72 Å². The molecule has 5 N–H and O–H groups in total. The number of thiophene rings is 1. The van der Waals surface area contributed by atoms with Crippen LogP contribution in [-0.4, -0.2) is 71.1 Å². The summed E-state index contributed by atoms with van der Waals surface area (Å²) in [5.74, 6) is -0.202. The standard InChI is InChI=1S/C29H27N3O8S2/c1-16-4-10-19(11-5-16)42(37,38)32-18-8-6-17(7-9-18)22-13-20(24-3-2-12-41-24)21(14-30)28(31-22)40-29-27(36)26(35)25(34)23(15-33)39-29/h2-13,23,25-27,29,32-36H,15H2,1H3/t23-,25-,26+,27-,29+/m1/s1. The predicted molar refractivity (Wildman–Crippen MR) is 154 cm³/mol. The number of rotatable bonds is 8. The third kappa shape index (κ3) is 6.01. The Morgan fingerprint density at radius 1 is 1.05 bits per heavy atom. The predicted octanol–water partition coefficient (Wildman–Crippen LogP) is 2.64. The van der Waals surface area contributed by atoms with Gasteiger partial charge in [-0.1, -0.05) is 35.9 Å². The molecule has 0 bridgehead atoms. The molecule has 5 rings (SSSR count). The minimum atomic E-state index is -3.81. The maximum Gasteiger partial charge on any atom is 0.261 e. The first-order valence-corrected chi connectivity index (χ1v) is 15.1. The van der Waals surface area contributed by atoms with E-state index in [9.17, 15) is 34.1 Å². The summed E-state index contributed by atoms with van der Waals surface area (Å²) in [4.78, 5) is 5.35. The normalized spacial score (nSPS) is 22.3. The lowest BCUT2D eigenvalue weighted by Gasteiger charge is -2.39. The number of ether oxygens (including phenoxy) is 2. The quantitative estimate of drug-likeness (QED) is 0.199. The lowest BCUT2D eigenvalue weighted by Crippen LogP contribution is -2.60. The van der Waals surface area contributed by atoms with E-state index in [2.05, 4.69) is 15.8 Å². The van der Waals surface area contributed by atoms with E-state index in [0.717, 1.165) is 10.4 Å². The largest absolute Gasteiger partial charge is 0.444 e. The Kier molecular flexibility index (Phi) is 8.58. The molecule has 1 saturated heterocycles. The number of hydrogen-bond acceptors (Lipinski definition) is 11. The molecule has 2 aromatic carbocycles. The van der Waals surface area contributed by atoms with Crippen molar-refractivity contribution in [1.82, 2.24) is 4.98 Å². The van der Waals surface area contributed by atoms with Crippen LogP contribution in [0.4, 0.5) is 5.69 Å². The Morgan fingerprint density at radius 2 is 1.76 bits per heavy atom. The lowest BCUT2D eigenvalue weighted by molar-refractivity contribution is -0.278. The molecule has 0 aliphatic carbocycles. The maximum absolute atomic E-state index is 12.8. The number of benzene rings is 2. The monoisotopic (exact) mass is 609 g/mol. The van der Waals surface area contributed by atoms with Crippen LogP contribution >= 0.6 is 11.3 Å². The Morgan fingerprint density at radius 3 is 2.38 bits per heavy atom. The number of nitriles is 1. The molecule has 13 heteroatoms. The van der Waals surface area contributed by atoms with Crippen LogP contribution in [0.2, 0.25) is 0 Å². The highest BCUT2D eigenvalue weighted by molar-refractivity contribution is 7.92. The number of nitrogens with one attached hydrogen (secondary N) is 1. The lowest BCUT2D eigenvalue weighted by atomic mass is 9.99. The summed E-state index contributed by atoms with van der Waals surface area (Å²) in [5.41, 5.74) is 2.72. The van der Waals surface area contributed by atoms with Gasteiger partial charge in [0.2, 0.25) is 12.2 Å². The van der Waals surface area contributed by atoms with E-state index in [4.69, 9.17) is 9.47 Å². The number of nitrogens with zero attached hydrogens (tertiary/aromatic N) is 2. The van der Waals surface area contributed by atoms with E-state index in [1.54, 1.807) is 42.5 Å². The third-order valence-electron chi connectivity index (χ3n) is 6.73. The van der Waals surface area contributed by atoms with Crippen molar-refractivity contribution in [2.24, 2.45) is 0 Å². The fraction of sp³-hybridized carbons (Fsp3) is 0.241. The summed E-state index contributed by atoms with van der Waals surface area (Å²) in [6, 6.07) is 20.3. The van der Waals surface area contributed by atoms with Gasteiger partial charge in [0.05, 0.1) is 17.2 Å². The minimum Gasteiger partial charge on any atom is -0.444 e. The van der Waals surface area contributed by atoms with Gasteiger partial charge in [0.25, 0.3) is 10.0 Å². The molecular weight excluding hydrogens is 582 g/mol. The summed E-state index contributed by atoms with van der Waals surface area (Å²) in [7, 11) is -3.81. The summed E-state index contributed by atoms with van der Waals surface area (Å²) in [6.07, 6.45) is -7.73. The van der Waals surface area contributed by atoms with E-state index in [0.29, 0.717) is 22.5 Å². The smallest absolute Gasteiger partial charge is 0.261 e. The number of sulfonamides is 1. The first kappa shape index (κ1) is 29.6. The fourth-order valence-electron chi connectivity index (χ4n) is 4.40. The van der Waals surface area contributed by atoms with Gasteiger partial charge in [-0.15, -0.1) is 11.3 Å². The van der Waals surface area contributed by atoms with Gasteiger partial charge in [0.1, 0.15) is 36.0 Å². The van der Waals surface area contributed by atoms with E-state index in [1.807, 2.05) is 24.4 Å². The van der Waals surface area contributed by atoms with Gasteiger partial charge < -0.3 is 29.9 Å². The average molecular weight is 610 g/mol. The summed E-state index contributed by atoms with van der Waals surface area (Å²) in [5, 5.41) is 52.2. The average Bonchev–Trinajstić information content (AvgIpc) is 3.52. The van der Waals surface area contributed by atoms with Crippen LogP contribution in [-0.2, 0) is 14.8 Å². The number of anilines is 1. The maximum atomic E-state index is 12.8. The Hall–Kier alpha value is -3.87. The molecule has 0 unspecified atom stereocenters. The molecule has 0 spiro atoms. The zero-order valence-electron chi connectivity index (χ0n) is 22.2. The molecule has 42 heavy (non-hydrogen) atoms. The molecule has 3 heterocycles. The van der Waals surface area contributed by atoms with E-state index in [1.165, 1.54) is 23.5 Å². The summed E-state index contributed by atoms with van der Waals surface area (Å²) in [6.45, 7) is 1.22. The van der Waals surface area contributed by atoms with Crippen molar-refractivity contribution in [2.75, 3.05) is 11.3 Å². The van der Waals surface area contributed by atoms with Crippen LogP contribution in [0, 0.1) is 18.3 Å². The molecular formula is C29H27N3O8S2. The van der Waals surface area contributed by atoms with E-state index in [-0.39, 0.29) is 16.3 Å². The fourth-order valence-corrected chi connectivity index (χ4v) is 6.21. The van der Waals surface area contributed by atoms with Crippen molar-refractivity contribution in [2.45, 2.75) is 42.5 Å². The molecule has 0 amide bonds. The van der Waals surface area contributed by atoms with Gasteiger partial charge in [-0.25, -0.2) is 13.4 Å². The molecule has 1 fully saturated rings. The topological polar surface area (TPSA) is 182 Å². The van der Waals surface area contributed by atoms with Crippen LogP contribution < -0.4 is 9.46 Å². The highest BCUT2D eigenvalue weighted by Gasteiger charge is 2.45. The second-order valence-electron chi connectivity index (χ2n) is 9.64. The molecule has 0 radical (unpaired) electrons. The van der Waals surface area contributed by atoms with Crippen molar-refractivity contribution >= 4 is 27.0 Å². The van der Waals surface area contributed by atoms with Crippen LogP contribution in [0.25, 0.3) is 21.7 Å². The summed E-state index contributed by atoms with van der Waals surface area (Å²) >= 11 is 1.38. The van der Waals surface area contributed by atoms with Gasteiger partial charge in [0.15, 0.2) is 0 Å². The zero-order chi connectivity index (χ0) is 30.0. The number of pyridine rings is 1. The van der Waals surface area contributed by atoms with Gasteiger partial charge in [-0.05, 0) is 48.7 Å². The van der Waals surface area contributed by atoms with Crippen molar-refractivity contribution in [3.8, 4) is 33.6 Å². The number of hydrogen-bond donors (Lipinski definition) is 5. The molecule has 4 aromatic rings. The summed E-state index contributed by atoms with van der Waals surface area (Å²) < 4.78 is 39.5. The van der Waals surface area contributed by atoms with Crippen LogP contribution in [0.5, 0.6) is 5.88 Å². The molecule has 5 atom stereocenters. The van der Waals surface area contributed by atoms with Crippen molar-refractivity contribution < 1.29 is 38.3 Å². The molecule has 1 aliphatic heterocycles. The van der Waals surface area contributed by atoms with Crippen molar-refractivity contribution in [1.29, 1.82) is 5.26 Å². The van der Waals surface area contributed by atoms with Crippen LogP contribution in [0.1, 0.15) is 11.1 Å². The molecule has 1 aliphatic rings. The Bertz CT molecular complexity index is 1690. The molecule has 218 valence electrons. The Labute approximate surface area is 245 Å². The van der Waals surface area contributed by atoms with E-state index >= 15 is 0 Å². The van der Waals surface area contributed by atoms with Gasteiger partial charge >= 0.3 is 0 Å². The van der Waals surface area contributed by atoms with Gasteiger partial charge in [0, 0.05) is 21.7 Å². The number of aliphatic hydroxyl groups excluding tert-OH is 4. The van der Waals surface area contributed by atoms with Crippen LogP contribution in [0.15, 0.2) is 77.0 Å². The first-order chi connectivity index (χ1) is 20.1. The minimum absolute atomic E-state index is 0.0423. The highest BCUT2D eigenvalue weighted by atomic mass is 32.2. The molecule has 2 aromatic heterocycles. The van der Waals surface area contributed by atoms with Crippen molar-refractivity contribution in [3.05, 3.63) is 83.2 Å². The zero-order valence-corrected chi connectivity index (χ0v) is 23.8. The van der Waals surface area contributed by atoms with Gasteiger partial charge in [-0.2, -0.15) is 5.26 Å². The van der Waals surface area contributed by atoms with Crippen LogP contribution in [0.3, 0.4) is 0 Å². The number of aryl methyl sites for hydroxylation is 1. The van der Waals surface area contributed by atoms with E-state index < -0.39 is 47.3 Å². The Balaban J connectivity index is 1.49. The number of aliphatic hydroxyl groups is 4. The second-order valence-corrected chi connectivity index (χ2v) is 12.3. The number of aromatic nitrogens is 1. The van der Waals surface area contributed by atoms with Crippen molar-refractivity contribution in [3.63, 3.8) is 0 Å². The first-order valence-electron chi connectivity index (χ1n) is 12.8. The molecule has 0 saturated carbocycles. The second kappa shape index (κ2) is 12.2. The molecule has 11 nitrogen and oxygen atoms in total. The SMILES string of the molecule is Cc1ccc(S(=O)(=O)Nc2ccc(-c3cc(-c4cccs4)c(C#N)c(O[C@@H]4O[C@H](CO)[C@@H](O)[C@H](O)[C@H]4O)n3)cc2)cc1. The third-order valence-corrected chi connectivity index (χ3v) is 9.03. The highest BCUT2D eigenvalue weighted by Crippen LogP contribution is 2.37.